The number of ether oxygens (including phenoxy) is 1. The summed E-state index contributed by atoms with van der Waals surface area (Å²) >= 11 is 0. The normalized spacial score (nSPS) is 11.3. The Kier molecular flexibility index (Phi) is 5.31. The van der Waals surface area contributed by atoms with Gasteiger partial charge in [-0.3, -0.25) is 0 Å². The molecule has 3 N–H and O–H groups in total. The average Bonchev–Trinajstić information content (AvgIpc) is 2.78. The molecule has 2 heterocycles. The number of para-hydroxylation sites is 1. The van der Waals surface area contributed by atoms with Crippen molar-refractivity contribution < 1.29 is 14.3 Å². The van der Waals surface area contributed by atoms with Gasteiger partial charge in [-0.05, 0) is 42.8 Å². The SMILES string of the molecule is COc1ccc(-c2cc(-c3c(O)c4ccccc4oc3=O)nc(/N=C(/C)N)c2C#N)cc1. The van der Waals surface area contributed by atoms with Crippen LogP contribution in [-0.2, 0) is 0 Å². The highest BCUT2D eigenvalue weighted by atomic mass is 16.5. The summed E-state index contributed by atoms with van der Waals surface area (Å²) in [6.07, 6.45) is 0. The van der Waals surface area contributed by atoms with E-state index in [9.17, 15) is 15.2 Å². The van der Waals surface area contributed by atoms with Crippen LogP contribution in [0.3, 0.4) is 0 Å². The highest BCUT2D eigenvalue weighted by molar-refractivity contribution is 5.91. The Morgan fingerprint density at radius 2 is 1.94 bits per heavy atom. The quantitative estimate of drug-likeness (QED) is 0.285. The minimum atomic E-state index is -0.765. The van der Waals surface area contributed by atoms with Crippen LogP contribution in [-0.4, -0.2) is 23.0 Å². The minimum Gasteiger partial charge on any atom is -0.506 e. The van der Waals surface area contributed by atoms with E-state index < -0.39 is 5.63 Å². The number of amidine groups is 1. The van der Waals surface area contributed by atoms with E-state index in [1.54, 1.807) is 68.6 Å². The summed E-state index contributed by atoms with van der Waals surface area (Å²) in [5.74, 6) is 0.587. The molecule has 8 nitrogen and oxygen atoms in total. The van der Waals surface area contributed by atoms with Crippen LogP contribution in [0.5, 0.6) is 11.5 Å². The first-order valence-corrected chi connectivity index (χ1v) is 9.58. The van der Waals surface area contributed by atoms with Crippen LogP contribution in [0, 0.1) is 11.3 Å². The molecule has 0 spiro atoms. The first-order valence-electron chi connectivity index (χ1n) is 9.58. The van der Waals surface area contributed by atoms with Crippen LogP contribution >= 0.6 is 0 Å². The lowest BCUT2D eigenvalue weighted by molar-refractivity contribution is 0.415. The summed E-state index contributed by atoms with van der Waals surface area (Å²) < 4.78 is 10.6. The maximum Gasteiger partial charge on any atom is 0.349 e. The zero-order valence-electron chi connectivity index (χ0n) is 17.3. The lowest BCUT2D eigenvalue weighted by Crippen LogP contribution is -2.07. The van der Waals surface area contributed by atoms with Gasteiger partial charge >= 0.3 is 5.63 Å². The van der Waals surface area contributed by atoms with Crippen molar-refractivity contribution in [3.63, 3.8) is 0 Å². The average molecular weight is 426 g/mol. The zero-order valence-corrected chi connectivity index (χ0v) is 17.3. The molecule has 158 valence electrons. The lowest BCUT2D eigenvalue weighted by Gasteiger charge is -2.12. The van der Waals surface area contributed by atoms with Gasteiger partial charge in [0, 0.05) is 5.56 Å². The van der Waals surface area contributed by atoms with Gasteiger partial charge in [-0.1, -0.05) is 24.3 Å². The monoisotopic (exact) mass is 426 g/mol. The van der Waals surface area contributed by atoms with Gasteiger partial charge in [0.25, 0.3) is 0 Å². The number of benzene rings is 2. The third kappa shape index (κ3) is 3.63. The highest BCUT2D eigenvalue weighted by Gasteiger charge is 2.21. The molecule has 32 heavy (non-hydrogen) atoms. The number of fused-ring (bicyclic) bond motifs is 1. The van der Waals surface area contributed by atoms with E-state index in [1.807, 2.05) is 0 Å². The smallest absolute Gasteiger partial charge is 0.349 e. The molecular formula is C24H18N4O4. The van der Waals surface area contributed by atoms with Crippen molar-refractivity contribution in [2.75, 3.05) is 7.11 Å². The Morgan fingerprint density at radius 1 is 1.22 bits per heavy atom. The molecule has 0 aliphatic carbocycles. The number of rotatable bonds is 4. The lowest BCUT2D eigenvalue weighted by atomic mass is 9.98. The molecule has 2 aromatic heterocycles. The molecule has 0 radical (unpaired) electrons. The summed E-state index contributed by atoms with van der Waals surface area (Å²) in [5, 5.41) is 21.1. The van der Waals surface area contributed by atoms with Gasteiger partial charge in [-0.2, -0.15) is 5.26 Å². The fraction of sp³-hybridized carbons (Fsp3) is 0.0833. The molecule has 0 bridgehead atoms. The molecule has 0 aliphatic rings. The predicted molar refractivity (Wildman–Crippen MR) is 121 cm³/mol. The molecule has 0 atom stereocenters. The molecule has 0 unspecified atom stereocenters. The van der Waals surface area contributed by atoms with Crippen LogP contribution in [0.1, 0.15) is 12.5 Å². The molecule has 0 saturated heterocycles. The maximum atomic E-state index is 12.8. The molecule has 0 aliphatic heterocycles. The second-order valence-corrected chi connectivity index (χ2v) is 6.96. The zero-order chi connectivity index (χ0) is 22.8. The molecule has 2 aromatic carbocycles. The number of aliphatic imine (C=N–C) groups is 1. The second kappa shape index (κ2) is 8.24. The summed E-state index contributed by atoms with van der Waals surface area (Å²) in [6, 6.07) is 17.3. The van der Waals surface area contributed by atoms with Crippen molar-refractivity contribution in [3.8, 4) is 40.0 Å². The van der Waals surface area contributed by atoms with E-state index in [1.165, 1.54) is 0 Å². The third-order valence-electron chi connectivity index (χ3n) is 4.84. The molecule has 0 amide bonds. The van der Waals surface area contributed by atoms with E-state index >= 15 is 0 Å². The van der Waals surface area contributed by atoms with E-state index in [0.717, 1.165) is 0 Å². The van der Waals surface area contributed by atoms with Crippen molar-refractivity contribution in [2.24, 2.45) is 10.7 Å². The fourth-order valence-corrected chi connectivity index (χ4v) is 3.38. The Labute approximate surface area is 182 Å². The largest absolute Gasteiger partial charge is 0.506 e. The van der Waals surface area contributed by atoms with Crippen molar-refractivity contribution in [2.45, 2.75) is 6.92 Å². The maximum absolute atomic E-state index is 12.8. The number of nitriles is 1. The Bertz CT molecular complexity index is 1460. The van der Waals surface area contributed by atoms with Gasteiger partial charge in [0.1, 0.15) is 34.3 Å². The van der Waals surface area contributed by atoms with E-state index in [4.69, 9.17) is 14.9 Å². The molecule has 0 saturated carbocycles. The molecule has 8 heteroatoms. The van der Waals surface area contributed by atoms with Gasteiger partial charge < -0.3 is 20.0 Å². The standard InChI is InChI=1S/C24H18N4O4/c1-13(26)27-23-18(12-25)17(14-7-9-15(31-2)10-8-14)11-19(28-23)21-22(29)16-5-3-4-6-20(16)32-24(21)30/h3-11,29H,1-2H3,(H2,26,27,28). The van der Waals surface area contributed by atoms with E-state index in [-0.39, 0.29) is 39.8 Å². The molecule has 0 fully saturated rings. The molecule has 4 aromatic rings. The number of aromatic nitrogens is 1. The van der Waals surface area contributed by atoms with Crippen molar-refractivity contribution in [1.82, 2.24) is 4.98 Å². The number of hydrogen-bond acceptors (Lipinski definition) is 7. The Hall–Kier alpha value is -4.64. The van der Waals surface area contributed by atoms with Crippen LogP contribution in [0.15, 0.2) is 68.8 Å². The van der Waals surface area contributed by atoms with Gasteiger partial charge in [-0.25, -0.2) is 14.8 Å². The predicted octanol–water partition coefficient (Wildman–Crippen LogP) is 4.12. The van der Waals surface area contributed by atoms with Crippen LogP contribution in [0.25, 0.3) is 33.4 Å². The van der Waals surface area contributed by atoms with Gasteiger partial charge in [-0.15, -0.1) is 0 Å². The summed E-state index contributed by atoms with van der Waals surface area (Å²) in [4.78, 5) is 21.3. The van der Waals surface area contributed by atoms with Crippen LogP contribution < -0.4 is 16.1 Å². The number of methoxy groups -OCH3 is 1. The van der Waals surface area contributed by atoms with Gasteiger partial charge in [0.05, 0.1) is 24.0 Å². The fourth-order valence-electron chi connectivity index (χ4n) is 3.38. The van der Waals surface area contributed by atoms with Gasteiger partial charge in [0.2, 0.25) is 0 Å². The Morgan fingerprint density at radius 3 is 2.59 bits per heavy atom. The Balaban J connectivity index is 2.06. The summed E-state index contributed by atoms with van der Waals surface area (Å²) in [6.45, 7) is 1.56. The topological polar surface area (TPSA) is 135 Å². The molecule has 4 rings (SSSR count). The highest BCUT2D eigenvalue weighted by Crippen LogP contribution is 2.37. The first-order chi connectivity index (χ1) is 15.4. The summed E-state index contributed by atoms with van der Waals surface area (Å²) in [5.41, 5.74) is 6.52. The van der Waals surface area contributed by atoms with E-state index in [0.29, 0.717) is 22.3 Å². The second-order valence-electron chi connectivity index (χ2n) is 6.96. The third-order valence-corrected chi connectivity index (χ3v) is 4.84. The van der Waals surface area contributed by atoms with Crippen LogP contribution in [0.2, 0.25) is 0 Å². The number of nitrogens with two attached hydrogens (primary N) is 1. The van der Waals surface area contributed by atoms with Gasteiger partial charge in [0.15, 0.2) is 5.82 Å². The minimum absolute atomic E-state index is 0.0303. The number of pyridine rings is 1. The number of hydrogen-bond donors (Lipinski definition) is 2. The number of aromatic hydroxyl groups is 1. The van der Waals surface area contributed by atoms with Crippen LogP contribution in [0.4, 0.5) is 5.82 Å². The molecular weight excluding hydrogens is 408 g/mol. The summed E-state index contributed by atoms with van der Waals surface area (Å²) in [7, 11) is 1.55. The van der Waals surface area contributed by atoms with Crippen molar-refractivity contribution >= 4 is 22.6 Å². The van der Waals surface area contributed by atoms with Crippen molar-refractivity contribution in [1.29, 1.82) is 5.26 Å². The van der Waals surface area contributed by atoms with E-state index in [2.05, 4.69) is 16.0 Å². The first kappa shape index (κ1) is 20.6. The van der Waals surface area contributed by atoms with Crippen molar-refractivity contribution in [3.05, 3.63) is 70.6 Å². The number of nitrogens with zero attached hydrogens (tertiary/aromatic N) is 3.